The van der Waals surface area contributed by atoms with Crippen molar-refractivity contribution in [2.45, 2.75) is 33.1 Å². The van der Waals surface area contributed by atoms with Crippen molar-refractivity contribution in [2.75, 3.05) is 0 Å². The molecular formula is C53H41N. The van der Waals surface area contributed by atoms with Crippen LogP contribution in [0.1, 0.15) is 36.1 Å². The fourth-order valence-electron chi connectivity index (χ4n) is 8.97. The van der Waals surface area contributed by atoms with Crippen LogP contribution < -0.4 is 0 Å². The maximum absolute atomic E-state index is 2.51. The molecule has 0 fully saturated rings. The average Bonchev–Trinajstić information content (AvgIpc) is 3.65. The number of rotatable bonds is 5. The molecule has 1 aliphatic carbocycles. The molecule has 1 heterocycles. The number of hydrogen-bond acceptors (Lipinski definition) is 0. The second-order valence-corrected chi connectivity index (χ2v) is 15.5. The van der Waals surface area contributed by atoms with Crippen LogP contribution in [-0.2, 0) is 5.41 Å². The quantitative estimate of drug-likeness (QED) is 0.169. The van der Waals surface area contributed by atoms with Crippen LogP contribution >= 0.6 is 0 Å². The Labute approximate surface area is 317 Å². The summed E-state index contributed by atoms with van der Waals surface area (Å²) < 4.78 is 2.51. The molecular weight excluding hydrogens is 651 g/mol. The molecule has 0 aliphatic heterocycles. The molecule has 0 radical (unpaired) electrons. The molecule has 1 heteroatoms. The van der Waals surface area contributed by atoms with Gasteiger partial charge in [-0.2, -0.15) is 0 Å². The molecule has 1 aromatic heterocycles. The van der Waals surface area contributed by atoms with Crippen LogP contribution in [0.5, 0.6) is 0 Å². The second kappa shape index (κ2) is 12.3. The van der Waals surface area contributed by atoms with E-state index in [2.05, 4.69) is 208 Å². The molecule has 0 unspecified atom stereocenters. The minimum atomic E-state index is -0.110. The van der Waals surface area contributed by atoms with E-state index in [1.54, 1.807) is 0 Å². The fraction of sp³-hybridized carbons (Fsp3) is 0.0943. The summed E-state index contributed by atoms with van der Waals surface area (Å²) in [7, 11) is 0. The van der Waals surface area contributed by atoms with Gasteiger partial charge in [-0.05, 0) is 140 Å². The van der Waals surface area contributed by atoms with Gasteiger partial charge in [0.05, 0.1) is 11.0 Å². The molecule has 1 nitrogen and oxygen atoms in total. The van der Waals surface area contributed by atoms with Crippen LogP contribution in [0.3, 0.4) is 0 Å². The van der Waals surface area contributed by atoms with E-state index in [4.69, 9.17) is 0 Å². The molecule has 0 amide bonds. The van der Waals surface area contributed by atoms with Gasteiger partial charge in [0.1, 0.15) is 0 Å². The minimum absolute atomic E-state index is 0.110. The molecule has 54 heavy (non-hydrogen) atoms. The maximum atomic E-state index is 2.51. The Morgan fingerprint density at radius 1 is 0.352 bits per heavy atom. The number of aromatic nitrogens is 1. The largest absolute Gasteiger partial charge is 0.309 e. The predicted octanol–water partition coefficient (Wildman–Crippen LogP) is 14.4. The van der Waals surface area contributed by atoms with Crippen LogP contribution in [0.25, 0.3) is 83.1 Å². The van der Waals surface area contributed by atoms with Gasteiger partial charge in [-0.15, -0.1) is 0 Å². The third kappa shape index (κ3) is 5.07. The first-order chi connectivity index (χ1) is 26.3. The highest BCUT2D eigenvalue weighted by Gasteiger charge is 2.36. The van der Waals surface area contributed by atoms with Crippen molar-refractivity contribution in [3.63, 3.8) is 0 Å². The van der Waals surface area contributed by atoms with Crippen molar-refractivity contribution < 1.29 is 0 Å². The summed E-state index contributed by atoms with van der Waals surface area (Å²) in [6.45, 7) is 9.18. The van der Waals surface area contributed by atoms with Gasteiger partial charge in [-0.25, -0.2) is 0 Å². The third-order valence-corrected chi connectivity index (χ3v) is 11.9. The first-order valence-corrected chi connectivity index (χ1v) is 19.0. The van der Waals surface area contributed by atoms with Gasteiger partial charge in [0.15, 0.2) is 0 Å². The van der Waals surface area contributed by atoms with Gasteiger partial charge >= 0.3 is 0 Å². The lowest BCUT2D eigenvalue weighted by atomic mass is 9.82. The van der Waals surface area contributed by atoms with E-state index in [0.717, 1.165) is 5.69 Å². The molecule has 10 rings (SSSR count). The number of nitrogens with zero attached hydrogens (tertiary/aromatic N) is 1. The van der Waals surface area contributed by atoms with Gasteiger partial charge in [0.25, 0.3) is 0 Å². The second-order valence-electron chi connectivity index (χ2n) is 15.5. The van der Waals surface area contributed by atoms with Crippen molar-refractivity contribution in [3.8, 4) is 61.3 Å². The monoisotopic (exact) mass is 691 g/mol. The highest BCUT2D eigenvalue weighted by atomic mass is 15.0. The summed E-state index contributed by atoms with van der Waals surface area (Å²) in [6, 6.07) is 65.3. The Balaban J connectivity index is 1.26. The summed E-state index contributed by atoms with van der Waals surface area (Å²) in [4.78, 5) is 0. The molecule has 0 saturated heterocycles. The minimum Gasteiger partial charge on any atom is -0.309 e. The number of aryl methyl sites for hydroxylation is 2. The molecule has 1 aliphatic rings. The first kappa shape index (κ1) is 32.2. The summed E-state index contributed by atoms with van der Waals surface area (Å²) >= 11 is 0. The SMILES string of the molecule is Cc1ccccc1-c1cc(-c2ccc3c(c2)c2cc4c(cc2n3-c2cc(-c3ccccc3)cc(-c3ccccc3)c2)C(C)(C)c2ccccc2-4)ccc1C. The molecule has 0 bridgehead atoms. The average molecular weight is 692 g/mol. The lowest BCUT2D eigenvalue weighted by Gasteiger charge is -2.22. The van der Waals surface area contributed by atoms with Gasteiger partial charge in [-0.3, -0.25) is 0 Å². The summed E-state index contributed by atoms with van der Waals surface area (Å²) in [5, 5.41) is 2.53. The Hall–Kier alpha value is -6.44. The summed E-state index contributed by atoms with van der Waals surface area (Å²) in [6.07, 6.45) is 0. The van der Waals surface area contributed by atoms with E-state index < -0.39 is 0 Å². The smallest absolute Gasteiger partial charge is 0.0544 e. The van der Waals surface area contributed by atoms with Gasteiger partial charge in [-0.1, -0.05) is 141 Å². The summed E-state index contributed by atoms with van der Waals surface area (Å²) in [5.74, 6) is 0. The molecule has 0 N–H and O–H groups in total. The van der Waals surface area contributed by atoms with E-state index in [-0.39, 0.29) is 5.41 Å². The predicted molar refractivity (Wildman–Crippen MR) is 230 cm³/mol. The van der Waals surface area contributed by atoms with E-state index in [1.165, 1.54) is 99.7 Å². The summed E-state index contributed by atoms with van der Waals surface area (Å²) in [5.41, 5.74) is 21.4. The number of fused-ring (bicyclic) bond motifs is 6. The van der Waals surface area contributed by atoms with Crippen molar-refractivity contribution in [2.24, 2.45) is 0 Å². The Bertz CT molecular complexity index is 2850. The van der Waals surface area contributed by atoms with Crippen LogP contribution in [-0.4, -0.2) is 4.57 Å². The standard InChI is InChI=1S/C53H41N/c1-34-15-11-12-20-43(34)45-30-38(24-23-35(45)2)39-25-26-51-47(31-39)48-32-46-44-21-13-14-22-49(44)53(3,4)50(46)33-52(48)54(51)42-28-40(36-16-7-5-8-17-36)27-41(29-42)37-18-9-6-10-19-37/h5-33H,1-4H3. The zero-order valence-corrected chi connectivity index (χ0v) is 31.2. The third-order valence-electron chi connectivity index (χ3n) is 11.9. The van der Waals surface area contributed by atoms with Crippen LogP contribution in [0, 0.1) is 13.8 Å². The molecule has 9 aromatic rings. The van der Waals surface area contributed by atoms with Crippen LogP contribution in [0.15, 0.2) is 176 Å². The Morgan fingerprint density at radius 3 is 1.63 bits per heavy atom. The number of hydrogen-bond donors (Lipinski definition) is 0. The van der Waals surface area contributed by atoms with Crippen molar-refractivity contribution in [1.82, 2.24) is 4.57 Å². The number of benzene rings is 8. The van der Waals surface area contributed by atoms with Crippen molar-refractivity contribution in [1.29, 1.82) is 0 Å². The normalized spacial score (nSPS) is 13.0. The maximum Gasteiger partial charge on any atom is 0.0544 e. The van der Waals surface area contributed by atoms with Gasteiger partial charge < -0.3 is 4.57 Å². The van der Waals surface area contributed by atoms with Crippen molar-refractivity contribution >= 4 is 21.8 Å². The van der Waals surface area contributed by atoms with E-state index >= 15 is 0 Å². The first-order valence-electron chi connectivity index (χ1n) is 19.0. The Kier molecular flexibility index (Phi) is 7.35. The lowest BCUT2D eigenvalue weighted by Crippen LogP contribution is -2.14. The van der Waals surface area contributed by atoms with Gasteiger partial charge in [0, 0.05) is 21.9 Å². The van der Waals surface area contributed by atoms with Gasteiger partial charge in [0.2, 0.25) is 0 Å². The van der Waals surface area contributed by atoms with Crippen LogP contribution in [0.2, 0.25) is 0 Å². The van der Waals surface area contributed by atoms with Crippen LogP contribution in [0.4, 0.5) is 0 Å². The fourth-order valence-corrected chi connectivity index (χ4v) is 8.97. The lowest BCUT2D eigenvalue weighted by molar-refractivity contribution is 0.661. The highest BCUT2D eigenvalue weighted by molar-refractivity contribution is 6.13. The van der Waals surface area contributed by atoms with Crippen molar-refractivity contribution in [3.05, 3.63) is 198 Å². The highest BCUT2D eigenvalue weighted by Crippen LogP contribution is 2.51. The van der Waals surface area contributed by atoms with E-state index in [0.29, 0.717) is 0 Å². The molecule has 8 aromatic carbocycles. The Morgan fingerprint density at radius 2 is 0.926 bits per heavy atom. The van der Waals surface area contributed by atoms with E-state index in [1.807, 2.05) is 0 Å². The molecule has 0 atom stereocenters. The topological polar surface area (TPSA) is 4.93 Å². The zero-order chi connectivity index (χ0) is 36.6. The molecule has 0 spiro atoms. The zero-order valence-electron chi connectivity index (χ0n) is 31.2. The molecule has 258 valence electrons. The molecule has 0 saturated carbocycles. The van der Waals surface area contributed by atoms with E-state index in [9.17, 15) is 0 Å².